The number of carbonyl (C=O) groups is 1. The van der Waals surface area contributed by atoms with Gasteiger partial charge in [0.1, 0.15) is 11.6 Å². The number of hydrogen-bond acceptors (Lipinski definition) is 7. The average molecular weight is 449 g/mol. The van der Waals surface area contributed by atoms with Crippen LogP contribution in [0.3, 0.4) is 0 Å². The largest absolute Gasteiger partial charge is 0.340 e. The normalized spacial score (nSPS) is 14.4. The van der Waals surface area contributed by atoms with Gasteiger partial charge in [0, 0.05) is 41.8 Å². The minimum atomic E-state index is -0.371. The number of aryl methyl sites for hydroxylation is 1. The molecule has 0 saturated carbocycles. The molecule has 1 amide bonds. The van der Waals surface area contributed by atoms with E-state index in [0.717, 1.165) is 22.1 Å². The van der Waals surface area contributed by atoms with Crippen LogP contribution >= 0.6 is 11.8 Å². The van der Waals surface area contributed by atoms with Gasteiger partial charge in [-0.3, -0.25) is 9.89 Å². The van der Waals surface area contributed by atoms with Crippen LogP contribution < -0.4 is 15.5 Å². The van der Waals surface area contributed by atoms with Gasteiger partial charge in [0.25, 0.3) is 5.54 Å². The summed E-state index contributed by atoms with van der Waals surface area (Å²) in [5.41, 5.74) is 1.33. The van der Waals surface area contributed by atoms with Crippen LogP contribution in [0.25, 0.3) is 4.85 Å². The fourth-order valence-corrected chi connectivity index (χ4v) is 4.03. The number of amides is 1. The quantitative estimate of drug-likeness (QED) is 0.367. The summed E-state index contributed by atoms with van der Waals surface area (Å²) in [5, 5.41) is 13.8. The van der Waals surface area contributed by atoms with Crippen molar-refractivity contribution < 1.29 is 4.79 Å². The lowest BCUT2D eigenvalue weighted by molar-refractivity contribution is -0.115. The van der Waals surface area contributed by atoms with Gasteiger partial charge in [-0.1, -0.05) is 6.92 Å². The minimum absolute atomic E-state index is 0.0216. The van der Waals surface area contributed by atoms with Crippen LogP contribution in [0.1, 0.15) is 26.0 Å². The van der Waals surface area contributed by atoms with Crippen molar-refractivity contribution in [2.75, 3.05) is 28.6 Å². The third kappa shape index (κ3) is 5.00. The van der Waals surface area contributed by atoms with Crippen molar-refractivity contribution >= 4 is 40.8 Å². The predicted octanol–water partition coefficient (Wildman–Crippen LogP) is 4.25. The molecule has 1 aliphatic rings. The van der Waals surface area contributed by atoms with E-state index >= 15 is 0 Å². The van der Waals surface area contributed by atoms with Crippen LogP contribution in [0.2, 0.25) is 0 Å². The van der Waals surface area contributed by atoms with Gasteiger partial charge < -0.3 is 20.4 Å². The zero-order valence-corrected chi connectivity index (χ0v) is 19.0. The lowest BCUT2D eigenvalue weighted by atomic mass is 9.93. The maximum absolute atomic E-state index is 11.6. The van der Waals surface area contributed by atoms with Crippen LogP contribution in [-0.4, -0.2) is 44.7 Å². The third-order valence-corrected chi connectivity index (χ3v) is 5.85. The highest BCUT2D eigenvalue weighted by Crippen LogP contribution is 2.34. The highest BCUT2D eigenvalue weighted by molar-refractivity contribution is 7.99. The Morgan fingerprint density at radius 2 is 2.00 bits per heavy atom. The van der Waals surface area contributed by atoms with E-state index in [4.69, 9.17) is 11.6 Å². The Labute approximate surface area is 190 Å². The van der Waals surface area contributed by atoms with Gasteiger partial charge in [0.15, 0.2) is 11.0 Å². The zero-order chi connectivity index (χ0) is 22.7. The Morgan fingerprint density at radius 1 is 1.25 bits per heavy atom. The van der Waals surface area contributed by atoms with Crippen molar-refractivity contribution in [1.29, 1.82) is 0 Å². The van der Waals surface area contributed by atoms with Gasteiger partial charge in [-0.05, 0) is 43.0 Å². The molecule has 1 fully saturated rings. The van der Waals surface area contributed by atoms with Crippen LogP contribution in [-0.2, 0) is 4.79 Å². The Balaban J connectivity index is 1.56. The van der Waals surface area contributed by atoms with E-state index in [1.807, 2.05) is 57.2 Å². The number of carbonyl (C=O) groups excluding carboxylic acids is 1. The first-order valence-electron chi connectivity index (χ1n) is 10.3. The van der Waals surface area contributed by atoms with Crippen molar-refractivity contribution in [3.63, 3.8) is 0 Å². The molecule has 1 aliphatic heterocycles. The SMILES string of the molecule is [C-]#[N+]C1(C)CN(c2cc(Nc3cc(C)[nH]n3)nc(Sc3ccc(NC(=O)CC)cc3)n2)C1. The lowest BCUT2D eigenvalue weighted by Gasteiger charge is -2.39. The molecular weight excluding hydrogens is 424 g/mol. The van der Waals surface area contributed by atoms with Crippen molar-refractivity contribution in [3.05, 3.63) is 53.5 Å². The molecule has 1 aromatic carbocycles. The number of benzene rings is 1. The molecule has 0 bridgehead atoms. The van der Waals surface area contributed by atoms with Gasteiger partial charge >= 0.3 is 0 Å². The van der Waals surface area contributed by atoms with E-state index in [1.165, 1.54) is 11.8 Å². The molecule has 0 spiro atoms. The number of aromatic amines is 1. The number of nitrogens with zero attached hydrogens (tertiary/aromatic N) is 5. The summed E-state index contributed by atoms with van der Waals surface area (Å²) in [6, 6.07) is 11.4. The third-order valence-electron chi connectivity index (χ3n) is 4.98. The van der Waals surface area contributed by atoms with E-state index in [9.17, 15) is 4.79 Å². The summed E-state index contributed by atoms with van der Waals surface area (Å²) in [6.45, 7) is 14.3. The molecule has 0 atom stereocenters. The molecule has 164 valence electrons. The highest BCUT2D eigenvalue weighted by atomic mass is 32.2. The maximum Gasteiger partial charge on any atom is 0.264 e. The van der Waals surface area contributed by atoms with Gasteiger partial charge in [-0.25, -0.2) is 16.5 Å². The molecule has 10 heteroatoms. The molecule has 3 aromatic rings. The monoisotopic (exact) mass is 448 g/mol. The number of hydrogen-bond donors (Lipinski definition) is 3. The van der Waals surface area contributed by atoms with Crippen molar-refractivity contribution in [1.82, 2.24) is 20.2 Å². The smallest absolute Gasteiger partial charge is 0.264 e. The number of H-pyrrole nitrogens is 1. The Hall–Kier alpha value is -3.58. The highest BCUT2D eigenvalue weighted by Gasteiger charge is 2.46. The molecule has 32 heavy (non-hydrogen) atoms. The van der Waals surface area contributed by atoms with Crippen molar-refractivity contribution in [2.24, 2.45) is 0 Å². The van der Waals surface area contributed by atoms with E-state index in [-0.39, 0.29) is 11.4 Å². The number of nitrogens with one attached hydrogen (secondary N) is 3. The topological polar surface area (TPSA) is 103 Å². The molecule has 0 radical (unpaired) electrons. The van der Waals surface area contributed by atoms with Crippen molar-refractivity contribution in [3.8, 4) is 0 Å². The van der Waals surface area contributed by atoms with E-state index in [2.05, 4.69) is 35.6 Å². The lowest BCUT2D eigenvalue weighted by Crippen LogP contribution is -2.58. The minimum Gasteiger partial charge on any atom is -0.340 e. The molecule has 3 N–H and O–H groups in total. The molecule has 0 unspecified atom stereocenters. The summed E-state index contributed by atoms with van der Waals surface area (Å²) in [6.07, 6.45) is 0.436. The number of aromatic nitrogens is 4. The molecule has 3 heterocycles. The number of rotatable bonds is 7. The summed E-state index contributed by atoms with van der Waals surface area (Å²) in [7, 11) is 0. The molecule has 0 aliphatic carbocycles. The van der Waals surface area contributed by atoms with E-state index in [0.29, 0.717) is 36.3 Å². The second-order valence-corrected chi connectivity index (χ2v) is 8.99. The summed E-state index contributed by atoms with van der Waals surface area (Å²) < 4.78 is 0. The molecule has 2 aromatic heterocycles. The van der Waals surface area contributed by atoms with Crippen LogP contribution in [0.15, 0.2) is 46.5 Å². The van der Waals surface area contributed by atoms with Gasteiger partial charge in [0.05, 0.1) is 13.1 Å². The molecule has 1 saturated heterocycles. The Morgan fingerprint density at radius 3 is 2.62 bits per heavy atom. The van der Waals surface area contributed by atoms with Crippen molar-refractivity contribution in [2.45, 2.75) is 42.8 Å². The van der Waals surface area contributed by atoms with Crippen LogP contribution in [0.4, 0.5) is 23.1 Å². The molecule has 9 nitrogen and oxygen atoms in total. The van der Waals surface area contributed by atoms with Gasteiger partial charge in [0.2, 0.25) is 5.91 Å². The van der Waals surface area contributed by atoms with Crippen LogP contribution in [0, 0.1) is 13.5 Å². The maximum atomic E-state index is 11.6. The van der Waals surface area contributed by atoms with E-state index < -0.39 is 0 Å². The first kappa shape index (κ1) is 21.6. The standard InChI is InChI=1S/C22H24N8OS/c1-5-20(31)24-15-6-8-16(9-7-15)32-21-26-17(25-18-10-14(2)28-29-18)11-19(27-21)30-12-22(3,13-30)23-4/h6-11H,5,12-13H2,1-3H3,(H,24,31)(H2,25,26,27,28,29). The van der Waals surface area contributed by atoms with Crippen LogP contribution in [0.5, 0.6) is 0 Å². The average Bonchev–Trinajstić information content (AvgIpc) is 3.17. The second-order valence-electron chi connectivity index (χ2n) is 7.95. The Bertz CT molecular complexity index is 1160. The van der Waals surface area contributed by atoms with Gasteiger partial charge in [-0.15, -0.1) is 0 Å². The first-order valence-corrected chi connectivity index (χ1v) is 11.1. The summed E-state index contributed by atoms with van der Waals surface area (Å²) >= 11 is 1.43. The molecular formula is C22H24N8OS. The first-order chi connectivity index (χ1) is 15.4. The summed E-state index contributed by atoms with van der Waals surface area (Å²) in [4.78, 5) is 27.7. The fourth-order valence-electron chi connectivity index (χ4n) is 3.27. The fraction of sp³-hybridized carbons (Fsp3) is 0.318. The van der Waals surface area contributed by atoms with E-state index in [1.54, 1.807) is 0 Å². The molecule has 4 rings (SSSR count). The zero-order valence-electron chi connectivity index (χ0n) is 18.1. The van der Waals surface area contributed by atoms with Gasteiger partial charge in [-0.2, -0.15) is 5.10 Å². The summed E-state index contributed by atoms with van der Waals surface area (Å²) in [5.74, 6) is 2.05. The Kier molecular flexibility index (Phi) is 6.01. The predicted molar refractivity (Wildman–Crippen MR) is 125 cm³/mol. The second kappa shape index (κ2) is 8.88. The number of anilines is 4.